The molecule has 2 heterocycles. The molecule has 0 spiro atoms. The summed E-state index contributed by atoms with van der Waals surface area (Å²) in [5, 5.41) is 12.4. The van der Waals surface area contributed by atoms with Crippen LogP contribution in [0.3, 0.4) is 0 Å². The maximum Gasteiger partial charge on any atom is 0.107 e. The molecule has 4 heteroatoms. The van der Waals surface area contributed by atoms with Crippen LogP contribution in [0.2, 0.25) is 0 Å². The summed E-state index contributed by atoms with van der Waals surface area (Å²) in [6.07, 6.45) is 3.03. The second-order valence-corrected chi connectivity index (χ2v) is 4.89. The Morgan fingerprint density at radius 2 is 2.57 bits per heavy atom. The smallest absolute Gasteiger partial charge is 0.107 e. The van der Waals surface area contributed by atoms with Crippen LogP contribution in [0.4, 0.5) is 0 Å². The van der Waals surface area contributed by atoms with Gasteiger partial charge >= 0.3 is 0 Å². The largest absolute Gasteiger partial charge is 0.395 e. The van der Waals surface area contributed by atoms with E-state index in [1.165, 1.54) is 6.42 Å². The number of thiazole rings is 1. The van der Waals surface area contributed by atoms with Crippen LogP contribution in [-0.4, -0.2) is 34.2 Å². The van der Waals surface area contributed by atoms with Crippen LogP contribution in [-0.2, 0) is 6.54 Å². The van der Waals surface area contributed by atoms with Crippen LogP contribution >= 0.6 is 11.3 Å². The molecule has 1 aliphatic heterocycles. The predicted octanol–water partition coefficient (Wildman–Crippen LogP) is 1.35. The topological polar surface area (TPSA) is 36.4 Å². The summed E-state index contributed by atoms with van der Waals surface area (Å²) in [6, 6.07) is 0.332. The van der Waals surface area contributed by atoms with Gasteiger partial charge in [-0.25, -0.2) is 4.98 Å². The number of hydrogen-bond donors (Lipinski definition) is 1. The third-order valence-corrected chi connectivity index (χ3v) is 3.77. The number of nitrogens with zero attached hydrogens (tertiary/aromatic N) is 2. The van der Waals surface area contributed by atoms with Gasteiger partial charge in [-0.3, -0.25) is 4.90 Å². The van der Waals surface area contributed by atoms with Crippen molar-refractivity contribution < 1.29 is 5.11 Å². The van der Waals surface area contributed by atoms with Crippen molar-refractivity contribution in [1.29, 1.82) is 0 Å². The van der Waals surface area contributed by atoms with E-state index in [1.807, 2.05) is 11.6 Å². The van der Waals surface area contributed by atoms with Crippen LogP contribution in [0.25, 0.3) is 0 Å². The van der Waals surface area contributed by atoms with E-state index in [9.17, 15) is 5.11 Å². The number of rotatable bonds is 3. The van der Waals surface area contributed by atoms with Gasteiger partial charge in [-0.2, -0.15) is 0 Å². The standard InChI is InChI=1S/C10H16N2OS/c1-8-2-4-12(9(8)7-13)6-10-11-3-5-14-10/h3,5,8-9,13H,2,4,6-7H2,1H3. The quantitative estimate of drug-likeness (QED) is 0.821. The molecule has 0 amide bonds. The fourth-order valence-electron chi connectivity index (χ4n) is 2.08. The van der Waals surface area contributed by atoms with Crippen molar-refractivity contribution in [3.63, 3.8) is 0 Å². The van der Waals surface area contributed by atoms with Gasteiger partial charge in [-0.15, -0.1) is 11.3 Å². The Bertz CT molecular complexity index is 276. The average Bonchev–Trinajstić information content (AvgIpc) is 2.77. The zero-order valence-electron chi connectivity index (χ0n) is 8.39. The molecule has 78 valence electrons. The van der Waals surface area contributed by atoms with Crippen molar-refractivity contribution in [2.75, 3.05) is 13.2 Å². The highest BCUT2D eigenvalue weighted by atomic mass is 32.1. The van der Waals surface area contributed by atoms with Crippen molar-refractivity contribution in [3.8, 4) is 0 Å². The summed E-state index contributed by atoms with van der Waals surface area (Å²) in [5.41, 5.74) is 0. The number of hydrogen-bond acceptors (Lipinski definition) is 4. The van der Waals surface area contributed by atoms with Crippen molar-refractivity contribution in [2.45, 2.75) is 25.9 Å². The Balaban J connectivity index is 1.98. The molecule has 0 aliphatic carbocycles. The Kier molecular flexibility index (Phi) is 3.15. The molecule has 1 aliphatic rings. The minimum atomic E-state index is 0.270. The van der Waals surface area contributed by atoms with Crippen molar-refractivity contribution in [2.24, 2.45) is 5.92 Å². The van der Waals surface area contributed by atoms with E-state index >= 15 is 0 Å². The van der Waals surface area contributed by atoms with Crippen LogP contribution in [0.1, 0.15) is 18.4 Å². The lowest BCUT2D eigenvalue weighted by Gasteiger charge is -2.23. The highest BCUT2D eigenvalue weighted by Crippen LogP contribution is 2.25. The van der Waals surface area contributed by atoms with Gasteiger partial charge in [0.1, 0.15) is 5.01 Å². The fraction of sp³-hybridized carbons (Fsp3) is 0.700. The lowest BCUT2D eigenvalue weighted by molar-refractivity contribution is 0.134. The highest BCUT2D eigenvalue weighted by molar-refractivity contribution is 7.09. The predicted molar refractivity (Wildman–Crippen MR) is 57.2 cm³/mol. The lowest BCUT2D eigenvalue weighted by atomic mass is 10.0. The van der Waals surface area contributed by atoms with E-state index in [0.717, 1.165) is 18.1 Å². The third kappa shape index (κ3) is 1.97. The van der Waals surface area contributed by atoms with Gasteiger partial charge in [0.15, 0.2) is 0 Å². The van der Waals surface area contributed by atoms with Gasteiger partial charge in [0, 0.05) is 17.6 Å². The minimum Gasteiger partial charge on any atom is -0.395 e. The number of aliphatic hydroxyl groups excluding tert-OH is 1. The molecule has 1 aromatic rings. The summed E-state index contributed by atoms with van der Waals surface area (Å²) in [7, 11) is 0. The van der Waals surface area contributed by atoms with E-state index in [1.54, 1.807) is 11.3 Å². The van der Waals surface area contributed by atoms with Gasteiger partial charge in [0.05, 0.1) is 13.2 Å². The van der Waals surface area contributed by atoms with E-state index < -0.39 is 0 Å². The molecular formula is C10H16N2OS. The highest BCUT2D eigenvalue weighted by Gasteiger charge is 2.30. The molecule has 2 atom stereocenters. The van der Waals surface area contributed by atoms with Gasteiger partial charge in [0.25, 0.3) is 0 Å². The van der Waals surface area contributed by atoms with Crippen molar-refractivity contribution in [1.82, 2.24) is 9.88 Å². The van der Waals surface area contributed by atoms with Crippen LogP contribution in [0.5, 0.6) is 0 Å². The van der Waals surface area contributed by atoms with Crippen molar-refractivity contribution in [3.05, 3.63) is 16.6 Å². The van der Waals surface area contributed by atoms with Crippen molar-refractivity contribution >= 4 is 11.3 Å². The molecule has 3 nitrogen and oxygen atoms in total. The molecule has 0 bridgehead atoms. The summed E-state index contributed by atoms with van der Waals surface area (Å²) < 4.78 is 0. The Labute approximate surface area is 88.4 Å². The molecule has 0 aromatic carbocycles. The van der Waals surface area contributed by atoms with Gasteiger partial charge in [0.2, 0.25) is 0 Å². The van der Waals surface area contributed by atoms with E-state index in [-0.39, 0.29) is 6.61 Å². The molecule has 2 rings (SSSR count). The van der Waals surface area contributed by atoms with E-state index in [0.29, 0.717) is 12.0 Å². The number of aliphatic hydroxyl groups is 1. The first-order chi connectivity index (χ1) is 6.81. The maximum atomic E-state index is 9.28. The van der Waals surface area contributed by atoms with Gasteiger partial charge in [-0.1, -0.05) is 6.92 Å². The van der Waals surface area contributed by atoms with Gasteiger partial charge < -0.3 is 5.11 Å². The molecule has 0 saturated carbocycles. The van der Waals surface area contributed by atoms with Gasteiger partial charge in [-0.05, 0) is 18.9 Å². The molecule has 14 heavy (non-hydrogen) atoms. The zero-order chi connectivity index (χ0) is 9.97. The molecule has 1 aromatic heterocycles. The normalized spacial score (nSPS) is 28.4. The SMILES string of the molecule is CC1CCN(Cc2nccs2)C1CO. The first kappa shape index (κ1) is 10.1. The molecule has 1 N–H and O–H groups in total. The molecule has 2 unspecified atom stereocenters. The summed E-state index contributed by atoms with van der Waals surface area (Å²) in [5.74, 6) is 0.611. The molecule has 1 saturated heterocycles. The average molecular weight is 212 g/mol. The third-order valence-electron chi connectivity index (χ3n) is 3.01. The second-order valence-electron chi connectivity index (χ2n) is 3.91. The summed E-state index contributed by atoms with van der Waals surface area (Å²) in [4.78, 5) is 6.61. The molecular weight excluding hydrogens is 196 g/mol. The Morgan fingerprint density at radius 3 is 3.21 bits per heavy atom. The maximum absolute atomic E-state index is 9.28. The monoisotopic (exact) mass is 212 g/mol. The summed E-state index contributed by atoms with van der Waals surface area (Å²) >= 11 is 1.69. The van der Waals surface area contributed by atoms with E-state index in [4.69, 9.17) is 0 Å². The Morgan fingerprint density at radius 1 is 1.71 bits per heavy atom. The Hall–Kier alpha value is -0.450. The number of aromatic nitrogens is 1. The summed E-state index contributed by atoms with van der Waals surface area (Å²) in [6.45, 7) is 4.47. The molecule has 0 radical (unpaired) electrons. The number of likely N-dealkylation sites (tertiary alicyclic amines) is 1. The lowest BCUT2D eigenvalue weighted by Crippen LogP contribution is -2.34. The minimum absolute atomic E-state index is 0.270. The van der Waals surface area contributed by atoms with Crippen LogP contribution in [0, 0.1) is 5.92 Å². The first-order valence-corrected chi connectivity index (χ1v) is 5.92. The molecule has 1 fully saturated rings. The fourth-order valence-corrected chi connectivity index (χ4v) is 2.72. The first-order valence-electron chi connectivity index (χ1n) is 5.04. The second kappa shape index (κ2) is 4.38. The van der Waals surface area contributed by atoms with Crippen LogP contribution in [0.15, 0.2) is 11.6 Å². The van der Waals surface area contributed by atoms with Crippen LogP contribution < -0.4 is 0 Å². The van der Waals surface area contributed by atoms with E-state index in [2.05, 4.69) is 16.8 Å². The zero-order valence-corrected chi connectivity index (χ0v) is 9.20.